The molecule has 90 valence electrons. The van der Waals surface area contributed by atoms with Crippen LogP contribution in [0.15, 0.2) is 24.3 Å². The first-order chi connectivity index (χ1) is 8.13. The van der Waals surface area contributed by atoms with Crippen LogP contribution in [0.4, 0.5) is 11.4 Å². The Kier molecular flexibility index (Phi) is 3.19. The smallest absolute Gasteiger partial charge is 0.308 e. The van der Waals surface area contributed by atoms with Gasteiger partial charge in [-0.25, -0.2) is 0 Å². The first-order valence-electron chi connectivity index (χ1n) is 5.05. The third-order valence-electron chi connectivity index (χ3n) is 2.56. The van der Waals surface area contributed by atoms with E-state index in [0.29, 0.717) is 11.4 Å². The number of esters is 1. The lowest BCUT2D eigenvalue weighted by molar-refractivity contribution is -0.142. The number of nitrogens with one attached hydrogen (secondary N) is 1. The van der Waals surface area contributed by atoms with Crippen molar-refractivity contribution in [1.82, 2.24) is 0 Å². The minimum atomic E-state index is -0.751. The first-order valence-corrected chi connectivity index (χ1v) is 5.39. The number of hydrogen-bond acceptors (Lipinski definition) is 4. The molecule has 5 nitrogen and oxygen atoms in total. The van der Waals surface area contributed by atoms with E-state index in [-0.39, 0.29) is 12.3 Å². The molecule has 0 fully saturated rings. The summed E-state index contributed by atoms with van der Waals surface area (Å²) in [4.78, 5) is 23.0. The SMILES string of the molecule is COC(=O)CC1C(=O)Nc2ccccc2N1Cl. The maximum Gasteiger partial charge on any atom is 0.308 e. The van der Waals surface area contributed by atoms with Crippen molar-refractivity contribution < 1.29 is 14.3 Å². The van der Waals surface area contributed by atoms with E-state index >= 15 is 0 Å². The molecular weight excluding hydrogens is 244 g/mol. The Morgan fingerprint density at radius 3 is 2.94 bits per heavy atom. The third-order valence-corrected chi connectivity index (χ3v) is 2.97. The molecule has 1 atom stereocenters. The highest BCUT2D eigenvalue weighted by molar-refractivity contribution is 6.31. The topological polar surface area (TPSA) is 58.6 Å². The lowest BCUT2D eigenvalue weighted by Gasteiger charge is -2.31. The van der Waals surface area contributed by atoms with Gasteiger partial charge in [0.1, 0.15) is 6.04 Å². The van der Waals surface area contributed by atoms with E-state index in [1.165, 1.54) is 11.5 Å². The number of para-hydroxylation sites is 2. The normalized spacial score (nSPS) is 18.4. The second-order valence-corrected chi connectivity index (χ2v) is 3.98. The average molecular weight is 255 g/mol. The fraction of sp³-hybridized carbons (Fsp3) is 0.273. The van der Waals surface area contributed by atoms with Gasteiger partial charge in [0.05, 0.1) is 24.9 Å². The van der Waals surface area contributed by atoms with Gasteiger partial charge in [0.2, 0.25) is 5.91 Å². The van der Waals surface area contributed by atoms with Crippen LogP contribution in [0.2, 0.25) is 0 Å². The lowest BCUT2D eigenvalue weighted by Crippen LogP contribution is -2.44. The molecular formula is C11H11ClN2O3. The highest BCUT2D eigenvalue weighted by Gasteiger charge is 2.33. The van der Waals surface area contributed by atoms with E-state index in [9.17, 15) is 9.59 Å². The summed E-state index contributed by atoms with van der Waals surface area (Å²) in [5.41, 5.74) is 1.30. The zero-order valence-corrected chi connectivity index (χ0v) is 9.90. The fourth-order valence-electron chi connectivity index (χ4n) is 1.67. The predicted octanol–water partition coefficient (Wildman–Crippen LogP) is 1.53. The van der Waals surface area contributed by atoms with Gasteiger partial charge in [0.25, 0.3) is 0 Å². The molecule has 6 heteroatoms. The second-order valence-electron chi connectivity index (χ2n) is 3.61. The summed E-state index contributed by atoms with van der Waals surface area (Å²) < 4.78 is 5.80. The molecule has 1 aromatic rings. The summed E-state index contributed by atoms with van der Waals surface area (Å²) in [5.74, 6) is -0.792. The molecule has 1 unspecified atom stereocenters. The number of carbonyl (C=O) groups excluding carboxylic acids is 2. The number of hydrogen-bond donors (Lipinski definition) is 1. The molecule has 0 saturated carbocycles. The fourth-order valence-corrected chi connectivity index (χ4v) is 1.97. The van der Waals surface area contributed by atoms with Crippen LogP contribution < -0.4 is 9.74 Å². The number of halogens is 1. The Morgan fingerprint density at radius 1 is 1.53 bits per heavy atom. The summed E-state index contributed by atoms with van der Waals surface area (Å²) >= 11 is 6.07. The van der Waals surface area contributed by atoms with Gasteiger partial charge in [-0.15, -0.1) is 0 Å². The number of nitrogens with zero attached hydrogens (tertiary/aromatic N) is 1. The van der Waals surface area contributed by atoms with Crippen molar-refractivity contribution in [2.24, 2.45) is 0 Å². The van der Waals surface area contributed by atoms with Crippen LogP contribution in [0, 0.1) is 0 Å². The van der Waals surface area contributed by atoms with Crippen molar-refractivity contribution in [3.63, 3.8) is 0 Å². The van der Waals surface area contributed by atoms with E-state index in [1.807, 2.05) is 0 Å². The van der Waals surface area contributed by atoms with Crippen LogP contribution in [-0.2, 0) is 14.3 Å². The Hall–Kier alpha value is -1.75. The summed E-state index contributed by atoms with van der Waals surface area (Å²) in [6.07, 6.45) is -0.0832. The van der Waals surface area contributed by atoms with Crippen molar-refractivity contribution in [1.29, 1.82) is 0 Å². The van der Waals surface area contributed by atoms with Crippen molar-refractivity contribution in [3.05, 3.63) is 24.3 Å². The van der Waals surface area contributed by atoms with Crippen LogP contribution in [0.1, 0.15) is 6.42 Å². The van der Waals surface area contributed by atoms with Crippen LogP contribution in [0.5, 0.6) is 0 Å². The number of fused-ring (bicyclic) bond motifs is 1. The zero-order valence-electron chi connectivity index (χ0n) is 9.14. The van der Waals surface area contributed by atoms with Crippen LogP contribution in [-0.4, -0.2) is 25.0 Å². The number of ether oxygens (including phenoxy) is 1. The van der Waals surface area contributed by atoms with Crippen molar-refractivity contribution in [2.75, 3.05) is 16.8 Å². The molecule has 1 aromatic carbocycles. The molecule has 0 saturated heterocycles. The van der Waals surface area contributed by atoms with Crippen LogP contribution in [0.3, 0.4) is 0 Å². The predicted molar refractivity (Wildman–Crippen MR) is 63.8 cm³/mol. The van der Waals surface area contributed by atoms with Gasteiger partial charge in [-0.05, 0) is 12.1 Å². The van der Waals surface area contributed by atoms with E-state index in [2.05, 4.69) is 10.1 Å². The average Bonchev–Trinajstić information content (AvgIpc) is 2.34. The quantitative estimate of drug-likeness (QED) is 0.642. The molecule has 0 bridgehead atoms. The van der Waals surface area contributed by atoms with Gasteiger partial charge in [0.15, 0.2) is 0 Å². The molecule has 0 aromatic heterocycles. The van der Waals surface area contributed by atoms with Gasteiger partial charge in [-0.3, -0.25) is 14.0 Å². The van der Waals surface area contributed by atoms with Crippen molar-refractivity contribution in [3.8, 4) is 0 Å². The maximum atomic E-state index is 11.8. The van der Waals surface area contributed by atoms with Crippen LogP contribution in [0.25, 0.3) is 0 Å². The molecule has 1 aliphatic rings. The van der Waals surface area contributed by atoms with Crippen molar-refractivity contribution in [2.45, 2.75) is 12.5 Å². The summed E-state index contributed by atoms with van der Waals surface area (Å²) in [6, 6.07) is 6.37. The Labute approximate surface area is 103 Å². The first kappa shape index (κ1) is 11.7. The third kappa shape index (κ3) is 2.19. The number of rotatable bonds is 2. The number of methoxy groups -OCH3 is 1. The van der Waals surface area contributed by atoms with Gasteiger partial charge in [-0.2, -0.15) is 0 Å². The maximum absolute atomic E-state index is 11.8. The number of anilines is 2. The summed E-state index contributed by atoms with van der Waals surface area (Å²) in [7, 11) is 1.27. The Bertz CT molecular complexity index is 464. The molecule has 17 heavy (non-hydrogen) atoms. The van der Waals surface area contributed by atoms with E-state index in [0.717, 1.165) is 0 Å². The van der Waals surface area contributed by atoms with Gasteiger partial charge in [0, 0.05) is 11.8 Å². The van der Waals surface area contributed by atoms with E-state index in [1.54, 1.807) is 24.3 Å². The summed E-state index contributed by atoms with van der Waals surface area (Å²) in [6.45, 7) is 0. The minimum Gasteiger partial charge on any atom is -0.469 e. The lowest BCUT2D eigenvalue weighted by atomic mass is 10.1. The minimum absolute atomic E-state index is 0.0832. The molecule has 2 rings (SSSR count). The highest BCUT2D eigenvalue weighted by atomic mass is 35.5. The van der Waals surface area contributed by atoms with Crippen molar-refractivity contribution >= 4 is 35.0 Å². The van der Waals surface area contributed by atoms with E-state index in [4.69, 9.17) is 11.8 Å². The van der Waals surface area contributed by atoms with Gasteiger partial charge < -0.3 is 10.1 Å². The number of carbonyl (C=O) groups is 2. The molecule has 1 aliphatic heterocycles. The molecule has 1 amide bonds. The summed E-state index contributed by atoms with van der Waals surface area (Å²) in [5, 5.41) is 2.70. The van der Waals surface area contributed by atoms with Crippen LogP contribution >= 0.6 is 11.8 Å². The molecule has 1 heterocycles. The van der Waals surface area contributed by atoms with Gasteiger partial charge >= 0.3 is 5.97 Å². The monoisotopic (exact) mass is 254 g/mol. The second kappa shape index (κ2) is 4.63. The number of benzene rings is 1. The van der Waals surface area contributed by atoms with Gasteiger partial charge in [-0.1, -0.05) is 12.1 Å². The molecule has 1 N–H and O–H groups in total. The van der Waals surface area contributed by atoms with E-state index < -0.39 is 12.0 Å². The highest BCUT2D eigenvalue weighted by Crippen LogP contribution is 2.34. The Balaban J connectivity index is 2.27. The Morgan fingerprint density at radius 2 is 2.24 bits per heavy atom. The molecule has 0 radical (unpaired) electrons. The largest absolute Gasteiger partial charge is 0.469 e. The standard InChI is InChI=1S/C11H11ClN2O3/c1-17-10(15)6-9-11(16)13-7-4-2-3-5-8(7)14(9)12/h2-5,9H,6H2,1H3,(H,13,16). The molecule has 0 aliphatic carbocycles. The molecule has 0 spiro atoms. The number of amides is 1. The zero-order chi connectivity index (χ0) is 12.4.